The molecule has 0 saturated heterocycles. The smallest absolute Gasteiger partial charge is 0.267 e. The number of halogens is 1. The van der Waals surface area contributed by atoms with Crippen molar-refractivity contribution in [1.82, 2.24) is 15.3 Å². The normalized spacial score (nSPS) is 11.0. The van der Waals surface area contributed by atoms with Crippen LogP contribution in [0.4, 0.5) is 0 Å². The number of carbonyl (C=O) groups is 1. The Hall–Kier alpha value is -2.11. The molecule has 110 valence electrons. The van der Waals surface area contributed by atoms with Crippen LogP contribution in [0.1, 0.15) is 16.8 Å². The van der Waals surface area contributed by atoms with Gasteiger partial charge in [0.05, 0.1) is 12.3 Å². The van der Waals surface area contributed by atoms with Gasteiger partial charge in [-0.25, -0.2) is 5.48 Å². The second-order valence-electron chi connectivity index (χ2n) is 4.49. The lowest BCUT2D eigenvalue weighted by Crippen LogP contribution is -2.21. The summed E-state index contributed by atoms with van der Waals surface area (Å²) in [4.78, 5) is 16.8. The maximum Gasteiger partial charge on any atom is 0.267 e. The van der Waals surface area contributed by atoms with E-state index in [2.05, 4.69) is 10.6 Å². The van der Waals surface area contributed by atoms with Gasteiger partial charge in [0.15, 0.2) is 0 Å². The number of carbonyl (C=O) groups excluding carboxylic acids is 1. The molecule has 1 N–H and O–H groups in total. The molecule has 0 aliphatic carbocycles. The maximum atomic E-state index is 11.6. The summed E-state index contributed by atoms with van der Waals surface area (Å²) in [5.74, 6) is -0.356. The molecule has 0 unspecified atom stereocenters. The predicted molar refractivity (Wildman–Crippen MR) is 81.4 cm³/mol. The molecule has 2 aromatic rings. The zero-order valence-electron chi connectivity index (χ0n) is 11.8. The molecule has 1 aromatic heterocycles. The second kappa shape index (κ2) is 7.06. The Labute approximate surface area is 128 Å². The molecule has 6 heteroatoms. The minimum atomic E-state index is -0.356. The van der Waals surface area contributed by atoms with Crippen LogP contribution in [-0.4, -0.2) is 15.7 Å². The van der Waals surface area contributed by atoms with Crippen LogP contribution >= 0.6 is 11.6 Å². The van der Waals surface area contributed by atoms with Crippen molar-refractivity contribution in [2.45, 2.75) is 13.5 Å². The van der Waals surface area contributed by atoms with Crippen molar-refractivity contribution in [1.29, 1.82) is 0 Å². The summed E-state index contributed by atoms with van der Waals surface area (Å²) >= 11 is 6.07. The summed E-state index contributed by atoms with van der Waals surface area (Å²) in [6.07, 6.45) is 2.98. The molecule has 21 heavy (non-hydrogen) atoms. The number of hydrogen-bond donors (Lipinski definition) is 1. The highest BCUT2D eigenvalue weighted by atomic mass is 35.5. The average molecular weight is 306 g/mol. The number of aromatic nitrogens is 2. The molecule has 0 atom stereocenters. The van der Waals surface area contributed by atoms with Crippen LogP contribution in [-0.2, 0) is 23.3 Å². The lowest BCUT2D eigenvalue weighted by Gasteiger charge is -2.03. The lowest BCUT2D eigenvalue weighted by atomic mass is 10.2. The fraction of sp³-hybridized carbons (Fsp3) is 0.200. The molecule has 2 rings (SSSR count). The molecular formula is C15H16ClN3O2. The fourth-order valence-electron chi connectivity index (χ4n) is 1.79. The number of nitrogens with zero attached hydrogens (tertiary/aromatic N) is 2. The Bertz CT molecular complexity index is 650. The molecule has 5 nitrogen and oxygen atoms in total. The predicted octanol–water partition coefficient (Wildman–Crippen LogP) is 2.64. The highest BCUT2D eigenvalue weighted by Crippen LogP contribution is 2.19. The van der Waals surface area contributed by atoms with Crippen molar-refractivity contribution in [3.8, 4) is 0 Å². The van der Waals surface area contributed by atoms with E-state index >= 15 is 0 Å². The van der Waals surface area contributed by atoms with E-state index in [1.807, 2.05) is 37.3 Å². The second-order valence-corrected chi connectivity index (χ2v) is 4.85. The monoisotopic (exact) mass is 305 g/mol. The zero-order valence-corrected chi connectivity index (χ0v) is 12.6. The largest absolute Gasteiger partial charge is 0.269 e. The number of nitrogens with one attached hydrogen (secondary N) is 1. The molecule has 0 fully saturated rings. The molecule has 1 heterocycles. The lowest BCUT2D eigenvalue weighted by molar-refractivity contribution is -0.129. The molecule has 0 spiro atoms. The first-order valence-electron chi connectivity index (χ1n) is 6.41. The van der Waals surface area contributed by atoms with Gasteiger partial charge in [0.2, 0.25) is 0 Å². The number of rotatable bonds is 5. The standard InChI is InChI=1S/C15H16ClN3O2/c1-11-13(15(16)19(2)17-11)8-9-14(20)18-21-10-12-6-4-3-5-7-12/h3-9H,10H2,1-2H3,(H,18,20). The summed E-state index contributed by atoms with van der Waals surface area (Å²) < 4.78 is 1.56. The van der Waals surface area contributed by atoms with E-state index in [1.165, 1.54) is 6.08 Å². The number of amides is 1. The Morgan fingerprint density at radius 2 is 2.14 bits per heavy atom. The minimum absolute atomic E-state index is 0.313. The van der Waals surface area contributed by atoms with Gasteiger partial charge < -0.3 is 0 Å². The van der Waals surface area contributed by atoms with Crippen molar-refractivity contribution >= 4 is 23.6 Å². The van der Waals surface area contributed by atoms with Gasteiger partial charge >= 0.3 is 0 Å². The van der Waals surface area contributed by atoms with Crippen LogP contribution < -0.4 is 5.48 Å². The first-order valence-corrected chi connectivity index (χ1v) is 6.78. The maximum absolute atomic E-state index is 11.6. The molecular weight excluding hydrogens is 290 g/mol. The van der Waals surface area contributed by atoms with Gasteiger partial charge in [-0.15, -0.1) is 0 Å². The molecule has 0 aliphatic rings. The van der Waals surface area contributed by atoms with Crippen molar-refractivity contribution < 1.29 is 9.63 Å². The Balaban J connectivity index is 1.86. The van der Waals surface area contributed by atoms with E-state index in [0.29, 0.717) is 11.8 Å². The van der Waals surface area contributed by atoms with Crippen LogP contribution in [0.25, 0.3) is 6.08 Å². The molecule has 0 bridgehead atoms. The topological polar surface area (TPSA) is 56.2 Å². The van der Waals surface area contributed by atoms with Crippen molar-refractivity contribution in [3.05, 3.63) is 58.4 Å². The highest BCUT2D eigenvalue weighted by molar-refractivity contribution is 6.31. The third-order valence-corrected chi connectivity index (χ3v) is 3.30. The Kier molecular flexibility index (Phi) is 5.14. The average Bonchev–Trinajstić information content (AvgIpc) is 2.71. The van der Waals surface area contributed by atoms with E-state index < -0.39 is 0 Å². The summed E-state index contributed by atoms with van der Waals surface area (Å²) in [6, 6.07) is 9.58. The minimum Gasteiger partial charge on any atom is -0.269 e. The summed E-state index contributed by atoms with van der Waals surface area (Å²) in [5, 5.41) is 4.65. The Morgan fingerprint density at radius 1 is 1.43 bits per heavy atom. The molecule has 0 aliphatic heterocycles. The number of benzene rings is 1. The van der Waals surface area contributed by atoms with E-state index in [9.17, 15) is 4.79 Å². The van der Waals surface area contributed by atoms with Gasteiger partial charge in [0, 0.05) is 18.7 Å². The third kappa shape index (κ3) is 4.18. The van der Waals surface area contributed by atoms with E-state index in [0.717, 1.165) is 16.8 Å². The van der Waals surface area contributed by atoms with Crippen LogP contribution in [0.15, 0.2) is 36.4 Å². The Morgan fingerprint density at radius 3 is 2.76 bits per heavy atom. The van der Waals surface area contributed by atoms with Crippen LogP contribution in [0.2, 0.25) is 5.15 Å². The summed E-state index contributed by atoms with van der Waals surface area (Å²) in [5.41, 5.74) is 4.81. The highest BCUT2D eigenvalue weighted by Gasteiger charge is 2.08. The van der Waals surface area contributed by atoms with Gasteiger partial charge in [-0.1, -0.05) is 41.9 Å². The molecule has 0 saturated carbocycles. The fourth-order valence-corrected chi connectivity index (χ4v) is 2.03. The summed E-state index contributed by atoms with van der Waals surface area (Å²) in [7, 11) is 1.75. The van der Waals surface area contributed by atoms with Crippen LogP contribution in [0.3, 0.4) is 0 Å². The van der Waals surface area contributed by atoms with E-state index in [1.54, 1.807) is 17.8 Å². The van der Waals surface area contributed by atoms with Crippen molar-refractivity contribution in [2.24, 2.45) is 7.05 Å². The number of hydroxylamine groups is 1. The van der Waals surface area contributed by atoms with Crippen molar-refractivity contribution in [2.75, 3.05) is 0 Å². The van der Waals surface area contributed by atoms with Gasteiger partial charge in [0.1, 0.15) is 5.15 Å². The van der Waals surface area contributed by atoms with Gasteiger partial charge in [-0.2, -0.15) is 5.10 Å². The SMILES string of the molecule is Cc1nn(C)c(Cl)c1C=CC(=O)NOCc1ccccc1. The third-order valence-electron chi connectivity index (χ3n) is 2.85. The van der Waals surface area contributed by atoms with Gasteiger partial charge in [0.25, 0.3) is 5.91 Å². The van der Waals surface area contributed by atoms with Gasteiger partial charge in [-0.05, 0) is 18.6 Å². The zero-order chi connectivity index (χ0) is 15.2. The van der Waals surface area contributed by atoms with Crippen molar-refractivity contribution in [3.63, 3.8) is 0 Å². The first-order chi connectivity index (χ1) is 10.1. The van der Waals surface area contributed by atoms with Crippen LogP contribution in [0, 0.1) is 6.92 Å². The molecule has 1 amide bonds. The molecule has 0 radical (unpaired) electrons. The van der Waals surface area contributed by atoms with E-state index in [4.69, 9.17) is 16.4 Å². The van der Waals surface area contributed by atoms with Gasteiger partial charge in [-0.3, -0.25) is 14.3 Å². The van der Waals surface area contributed by atoms with E-state index in [-0.39, 0.29) is 5.91 Å². The quantitative estimate of drug-likeness (QED) is 0.682. The number of hydrogen-bond acceptors (Lipinski definition) is 3. The summed E-state index contributed by atoms with van der Waals surface area (Å²) in [6.45, 7) is 2.14. The van der Waals surface area contributed by atoms with Crippen LogP contribution in [0.5, 0.6) is 0 Å². The first kappa shape index (κ1) is 15.3. The molecule has 1 aromatic carbocycles. The number of aryl methyl sites for hydroxylation is 2.